The second-order valence-electron chi connectivity index (χ2n) is 15.9. The standard InChI is InChI=1S/C48H47N3O/c1-31-21-22-32(2)40(27-31)34-25-23-33(24-26-34)38-18-14-20-43-44(38)50-46(51(43)37-15-10-9-11-16-37)39-17-12-13-19-42(39)49-30-35-28-36(47(3,4)5)29-41(45(35)52)48(6,7)8/h9-30,52H,1-8H3. The fourth-order valence-corrected chi connectivity index (χ4v) is 6.90. The van der Waals surface area contributed by atoms with Crippen molar-refractivity contribution in [3.05, 3.63) is 155 Å². The number of phenolic OH excluding ortho intramolecular Hbond substituents is 1. The highest BCUT2D eigenvalue weighted by Gasteiger charge is 2.25. The second-order valence-corrected chi connectivity index (χ2v) is 15.9. The summed E-state index contributed by atoms with van der Waals surface area (Å²) in [6, 6.07) is 44.6. The van der Waals surface area contributed by atoms with Crippen molar-refractivity contribution in [2.45, 2.75) is 66.2 Å². The maximum atomic E-state index is 11.5. The van der Waals surface area contributed by atoms with Crippen molar-refractivity contribution in [1.29, 1.82) is 0 Å². The van der Waals surface area contributed by atoms with E-state index in [1.807, 2.05) is 24.3 Å². The van der Waals surface area contributed by atoms with Crippen LogP contribution in [0, 0.1) is 13.8 Å². The van der Waals surface area contributed by atoms with Crippen LogP contribution in [0.2, 0.25) is 0 Å². The highest BCUT2D eigenvalue weighted by atomic mass is 16.3. The maximum Gasteiger partial charge on any atom is 0.147 e. The molecule has 0 aliphatic rings. The van der Waals surface area contributed by atoms with Crippen LogP contribution >= 0.6 is 0 Å². The number of rotatable bonds is 6. The van der Waals surface area contributed by atoms with E-state index >= 15 is 0 Å². The Morgan fingerprint density at radius 3 is 1.98 bits per heavy atom. The lowest BCUT2D eigenvalue weighted by molar-refractivity contribution is 0.444. The number of hydrogen-bond acceptors (Lipinski definition) is 3. The summed E-state index contributed by atoms with van der Waals surface area (Å²) < 4.78 is 2.23. The summed E-state index contributed by atoms with van der Waals surface area (Å²) >= 11 is 0. The molecule has 1 heterocycles. The Bertz CT molecular complexity index is 2440. The SMILES string of the molecule is Cc1ccc(C)c(-c2ccc(-c3cccc4c3nc(-c3ccccc3N=Cc3cc(C(C)(C)C)cc(C(C)(C)C)c3O)n4-c3ccccc3)cc2)c1. The van der Waals surface area contributed by atoms with E-state index in [1.165, 1.54) is 22.3 Å². The zero-order valence-corrected chi connectivity index (χ0v) is 31.5. The molecule has 0 fully saturated rings. The van der Waals surface area contributed by atoms with Gasteiger partial charge in [0, 0.05) is 34.2 Å². The van der Waals surface area contributed by atoms with Crippen molar-refractivity contribution in [2.75, 3.05) is 0 Å². The first-order valence-electron chi connectivity index (χ1n) is 18.1. The van der Waals surface area contributed by atoms with Gasteiger partial charge in [0.2, 0.25) is 0 Å². The summed E-state index contributed by atoms with van der Waals surface area (Å²) in [5.74, 6) is 1.07. The van der Waals surface area contributed by atoms with Gasteiger partial charge in [-0.2, -0.15) is 0 Å². The Balaban J connectivity index is 1.38. The van der Waals surface area contributed by atoms with E-state index in [2.05, 4.69) is 163 Å². The number of hydrogen-bond donors (Lipinski definition) is 1. The summed E-state index contributed by atoms with van der Waals surface area (Å²) in [6.45, 7) is 17.3. The molecule has 0 bridgehead atoms. The third kappa shape index (κ3) is 6.69. The molecule has 52 heavy (non-hydrogen) atoms. The summed E-state index contributed by atoms with van der Waals surface area (Å²) in [5, 5.41) is 11.5. The van der Waals surface area contributed by atoms with E-state index in [4.69, 9.17) is 9.98 Å². The normalized spacial score (nSPS) is 12.2. The van der Waals surface area contributed by atoms with Crippen molar-refractivity contribution in [3.8, 4) is 45.1 Å². The molecule has 0 aliphatic heterocycles. The minimum atomic E-state index is -0.232. The molecule has 4 heteroatoms. The number of aryl methyl sites for hydroxylation is 2. The van der Waals surface area contributed by atoms with E-state index in [0.29, 0.717) is 5.56 Å². The Hall–Kier alpha value is -5.74. The molecule has 260 valence electrons. The van der Waals surface area contributed by atoms with Crippen LogP contribution in [0.25, 0.3) is 50.4 Å². The monoisotopic (exact) mass is 681 g/mol. The maximum absolute atomic E-state index is 11.5. The van der Waals surface area contributed by atoms with Crippen molar-refractivity contribution in [3.63, 3.8) is 0 Å². The predicted molar refractivity (Wildman–Crippen MR) is 220 cm³/mol. The van der Waals surface area contributed by atoms with Gasteiger partial charge in [-0.1, -0.05) is 138 Å². The van der Waals surface area contributed by atoms with Crippen LogP contribution in [0.5, 0.6) is 5.75 Å². The average Bonchev–Trinajstić information content (AvgIpc) is 3.51. The van der Waals surface area contributed by atoms with Crippen molar-refractivity contribution in [2.24, 2.45) is 4.99 Å². The smallest absolute Gasteiger partial charge is 0.147 e. The molecule has 0 radical (unpaired) electrons. The molecule has 0 spiro atoms. The highest BCUT2D eigenvalue weighted by molar-refractivity contribution is 5.97. The van der Waals surface area contributed by atoms with Crippen molar-refractivity contribution in [1.82, 2.24) is 9.55 Å². The number of phenols is 1. The number of para-hydroxylation sites is 3. The molecule has 0 unspecified atom stereocenters. The number of fused-ring (bicyclic) bond motifs is 1. The minimum Gasteiger partial charge on any atom is -0.507 e. The van der Waals surface area contributed by atoms with E-state index in [-0.39, 0.29) is 16.6 Å². The fraction of sp³-hybridized carbons (Fsp3) is 0.208. The zero-order chi connectivity index (χ0) is 36.8. The van der Waals surface area contributed by atoms with Crippen LogP contribution in [0.4, 0.5) is 5.69 Å². The van der Waals surface area contributed by atoms with Gasteiger partial charge in [-0.25, -0.2) is 4.98 Å². The molecule has 7 rings (SSSR count). The molecule has 0 aliphatic carbocycles. The van der Waals surface area contributed by atoms with Gasteiger partial charge in [0.1, 0.15) is 11.6 Å². The molecular formula is C48H47N3O. The topological polar surface area (TPSA) is 50.4 Å². The molecule has 0 amide bonds. The molecular weight excluding hydrogens is 635 g/mol. The summed E-state index contributed by atoms with van der Waals surface area (Å²) in [5.41, 5.74) is 14.2. The average molecular weight is 682 g/mol. The van der Waals surface area contributed by atoms with Crippen LogP contribution in [-0.4, -0.2) is 20.9 Å². The lowest BCUT2D eigenvalue weighted by Crippen LogP contribution is -2.17. The molecule has 0 saturated carbocycles. The second kappa shape index (κ2) is 13.4. The van der Waals surface area contributed by atoms with Crippen LogP contribution in [0.15, 0.2) is 132 Å². The van der Waals surface area contributed by atoms with Crippen molar-refractivity contribution >= 4 is 22.9 Å². The fourth-order valence-electron chi connectivity index (χ4n) is 6.90. The van der Waals surface area contributed by atoms with Gasteiger partial charge in [0.15, 0.2) is 0 Å². The molecule has 0 saturated heterocycles. The van der Waals surface area contributed by atoms with Crippen LogP contribution in [0.1, 0.15) is 69.4 Å². The lowest BCUT2D eigenvalue weighted by Gasteiger charge is -2.27. The number of aliphatic imine (C=N–C) groups is 1. The first-order chi connectivity index (χ1) is 24.8. The van der Waals surface area contributed by atoms with E-state index in [1.54, 1.807) is 6.21 Å². The molecule has 7 aromatic rings. The quantitative estimate of drug-likeness (QED) is 0.178. The summed E-state index contributed by atoms with van der Waals surface area (Å²) in [7, 11) is 0. The van der Waals surface area contributed by atoms with Crippen molar-refractivity contribution < 1.29 is 5.11 Å². The Morgan fingerprint density at radius 1 is 0.635 bits per heavy atom. The predicted octanol–water partition coefficient (Wildman–Crippen LogP) is 12.7. The van der Waals surface area contributed by atoms with Crippen LogP contribution < -0.4 is 0 Å². The molecule has 1 N–H and O–H groups in total. The van der Waals surface area contributed by atoms with Crippen LogP contribution in [-0.2, 0) is 10.8 Å². The van der Waals surface area contributed by atoms with Gasteiger partial charge in [-0.05, 0) is 88.9 Å². The lowest BCUT2D eigenvalue weighted by atomic mass is 9.79. The summed E-state index contributed by atoms with van der Waals surface area (Å²) in [4.78, 5) is 10.5. The molecule has 4 nitrogen and oxygen atoms in total. The molecule has 0 atom stereocenters. The number of nitrogens with zero attached hydrogens (tertiary/aromatic N) is 3. The largest absolute Gasteiger partial charge is 0.507 e. The summed E-state index contributed by atoms with van der Waals surface area (Å²) in [6.07, 6.45) is 1.80. The van der Waals surface area contributed by atoms with E-state index < -0.39 is 0 Å². The minimum absolute atomic E-state index is 0.0910. The van der Waals surface area contributed by atoms with Gasteiger partial charge in [0.05, 0.1) is 16.7 Å². The number of benzene rings is 6. The number of aromatic nitrogens is 2. The van der Waals surface area contributed by atoms with Gasteiger partial charge in [-0.3, -0.25) is 9.56 Å². The Kier molecular flexibility index (Phi) is 8.96. The van der Waals surface area contributed by atoms with Crippen LogP contribution in [0.3, 0.4) is 0 Å². The van der Waals surface area contributed by atoms with E-state index in [0.717, 1.165) is 56.0 Å². The number of imidazole rings is 1. The van der Waals surface area contributed by atoms with Gasteiger partial charge in [-0.15, -0.1) is 0 Å². The van der Waals surface area contributed by atoms with Gasteiger partial charge >= 0.3 is 0 Å². The Labute approximate surface area is 308 Å². The van der Waals surface area contributed by atoms with Gasteiger partial charge < -0.3 is 5.11 Å². The Morgan fingerprint density at radius 2 is 1.29 bits per heavy atom. The molecule has 1 aromatic heterocycles. The molecule has 6 aromatic carbocycles. The van der Waals surface area contributed by atoms with E-state index in [9.17, 15) is 5.11 Å². The third-order valence-electron chi connectivity index (χ3n) is 9.90. The first kappa shape index (κ1) is 34.7. The third-order valence-corrected chi connectivity index (χ3v) is 9.90. The zero-order valence-electron chi connectivity index (χ0n) is 31.5. The highest BCUT2D eigenvalue weighted by Crippen LogP contribution is 2.40. The number of aromatic hydroxyl groups is 1. The van der Waals surface area contributed by atoms with Gasteiger partial charge in [0.25, 0.3) is 0 Å². The first-order valence-corrected chi connectivity index (χ1v) is 18.1.